The van der Waals surface area contributed by atoms with Crippen molar-refractivity contribution in [3.05, 3.63) is 39.7 Å². The van der Waals surface area contributed by atoms with Crippen LogP contribution < -0.4 is 5.73 Å². The van der Waals surface area contributed by atoms with E-state index in [1.54, 1.807) is 16.0 Å². The molecular weight excluding hydrogens is 294 g/mol. The van der Waals surface area contributed by atoms with Gasteiger partial charge in [-0.2, -0.15) is 10.4 Å². The number of aryl methyl sites for hydroxylation is 3. The molecule has 0 amide bonds. The molecule has 6 heteroatoms. The molecule has 0 saturated heterocycles. The van der Waals surface area contributed by atoms with Gasteiger partial charge in [-0.3, -0.25) is 4.68 Å². The fourth-order valence-electron chi connectivity index (χ4n) is 2.47. The van der Waals surface area contributed by atoms with Crippen molar-refractivity contribution >= 4 is 17.2 Å². The maximum Gasteiger partial charge on any atom is 0.142 e. The van der Waals surface area contributed by atoms with Crippen molar-refractivity contribution in [1.82, 2.24) is 14.8 Å². The summed E-state index contributed by atoms with van der Waals surface area (Å²) in [5, 5.41) is 13.8. The van der Waals surface area contributed by atoms with Crippen LogP contribution in [-0.4, -0.2) is 14.8 Å². The summed E-state index contributed by atoms with van der Waals surface area (Å²) in [6.07, 6.45) is 1.84. The number of hydrogen-bond acceptors (Lipinski definition) is 5. The van der Waals surface area contributed by atoms with E-state index in [4.69, 9.17) is 5.73 Å². The van der Waals surface area contributed by atoms with Crippen molar-refractivity contribution in [3.8, 4) is 28.6 Å². The van der Waals surface area contributed by atoms with E-state index >= 15 is 0 Å². The summed E-state index contributed by atoms with van der Waals surface area (Å²) < 4.78 is 1.70. The second kappa shape index (κ2) is 5.28. The minimum Gasteiger partial charge on any atom is -0.383 e. The highest BCUT2D eigenvalue weighted by atomic mass is 32.1. The zero-order chi connectivity index (χ0) is 15.9. The maximum absolute atomic E-state index is 9.39. The molecule has 0 atom stereocenters. The lowest BCUT2D eigenvalue weighted by atomic mass is 10.0. The van der Waals surface area contributed by atoms with Gasteiger partial charge in [0.1, 0.15) is 17.5 Å². The number of nitriles is 1. The van der Waals surface area contributed by atoms with Gasteiger partial charge in [0.2, 0.25) is 0 Å². The van der Waals surface area contributed by atoms with Crippen LogP contribution >= 0.6 is 11.3 Å². The van der Waals surface area contributed by atoms with Crippen molar-refractivity contribution in [3.63, 3.8) is 0 Å². The van der Waals surface area contributed by atoms with Crippen LogP contribution in [-0.2, 0) is 7.05 Å². The zero-order valence-electron chi connectivity index (χ0n) is 12.6. The van der Waals surface area contributed by atoms with Crippen LogP contribution in [0.4, 0.5) is 5.82 Å². The summed E-state index contributed by atoms with van der Waals surface area (Å²) in [5.74, 6) is 0.240. The number of hydrogen-bond donors (Lipinski definition) is 1. The molecule has 3 aromatic rings. The molecule has 0 spiro atoms. The van der Waals surface area contributed by atoms with Gasteiger partial charge in [0, 0.05) is 34.1 Å². The largest absolute Gasteiger partial charge is 0.383 e. The minimum absolute atomic E-state index is 0.240. The predicted octanol–water partition coefficient (Wildman–Crippen LogP) is 3.28. The van der Waals surface area contributed by atoms with E-state index in [0.717, 1.165) is 17.0 Å². The Bertz CT molecular complexity index is 898. The first-order chi connectivity index (χ1) is 10.5. The van der Waals surface area contributed by atoms with Crippen molar-refractivity contribution in [2.75, 3.05) is 5.73 Å². The average Bonchev–Trinajstić information content (AvgIpc) is 3.03. The Kier molecular flexibility index (Phi) is 3.43. The Labute approximate surface area is 132 Å². The predicted molar refractivity (Wildman–Crippen MR) is 88.4 cm³/mol. The number of anilines is 1. The van der Waals surface area contributed by atoms with Crippen molar-refractivity contribution in [2.45, 2.75) is 13.8 Å². The van der Waals surface area contributed by atoms with Crippen molar-refractivity contribution in [2.24, 2.45) is 7.05 Å². The summed E-state index contributed by atoms with van der Waals surface area (Å²) in [6, 6.07) is 7.99. The topological polar surface area (TPSA) is 80.5 Å². The molecule has 0 unspecified atom stereocenters. The molecule has 5 nitrogen and oxygen atoms in total. The molecule has 0 bridgehead atoms. The molecule has 0 radical (unpaired) electrons. The van der Waals surface area contributed by atoms with E-state index in [2.05, 4.69) is 36.1 Å². The van der Waals surface area contributed by atoms with Gasteiger partial charge in [0.25, 0.3) is 0 Å². The SMILES string of the molecule is Cc1cc(-c2cc(-c3ccn(C)n3)c(C#N)c(N)n2)c(C)s1. The molecule has 0 fully saturated rings. The second-order valence-corrected chi connectivity index (χ2v) is 6.59. The number of thiophene rings is 1. The maximum atomic E-state index is 9.39. The third kappa shape index (κ3) is 2.36. The first-order valence-electron chi connectivity index (χ1n) is 6.77. The molecule has 3 rings (SSSR count). The van der Waals surface area contributed by atoms with Crippen LogP contribution in [0.25, 0.3) is 22.5 Å². The van der Waals surface area contributed by atoms with Gasteiger partial charge in [0.05, 0.1) is 11.4 Å². The molecule has 2 N–H and O–H groups in total. The summed E-state index contributed by atoms with van der Waals surface area (Å²) >= 11 is 1.72. The molecule has 3 aromatic heterocycles. The molecule has 110 valence electrons. The normalized spacial score (nSPS) is 10.6. The van der Waals surface area contributed by atoms with Crippen molar-refractivity contribution in [1.29, 1.82) is 5.26 Å². The summed E-state index contributed by atoms with van der Waals surface area (Å²) in [4.78, 5) is 6.81. The molecule has 0 aliphatic heterocycles. The van der Waals surface area contributed by atoms with Crippen molar-refractivity contribution < 1.29 is 0 Å². The van der Waals surface area contributed by atoms with Gasteiger partial charge in [-0.1, -0.05) is 0 Å². The van der Waals surface area contributed by atoms with Crippen LogP contribution in [0.5, 0.6) is 0 Å². The van der Waals surface area contributed by atoms with E-state index < -0.39 is 0 Å². The van der Waals surface area contributed by atoms with Gasteiger partial charge in [0.15, 0.2) is 0 Å². The van der Waals surface area contributed by atoms with Gasteiger partial charge < -0.3 is 5.73 Å². The summed E-state index contributed by atoms with van der Waals surface area (Å²) in [6.45, 7) is 4.12. The smallest absolute Gasteiger partial charge is 0.142 e. The standard InChI is InChI=1S/C16H15N5S/c1-9-6-11(10(2)22-9)15-7-12(13(8-17)16(18)19-15)14-4-5-21(3)20-14/h4-7H,1-3H3,(H2,18,19). The van der Waals surface area contributed by atoms with E-state index in [-0.39, 0.29) is 5.82 Å². The monoisotopic (exact) mass is 309 g/mol. The van der Waals surface area contributed by atoms with Gasteiger partial charge >= 0.3 is 0 Å². The first kappa shape index (κ1) is 14.3. The number of nitrogens with two attached hydrogens (primary N) is 1. The Hall–Kier alpha value is -2.65. The summed E-state index contributed by atoms with van der Waals surface area (Å²) in [7, 11) is 1.84. The number of nitrogen functional groups attached to an aromatic ring is 1. The molecule has 0 aliphatic carbocycles. The Morgan fingerprint density at radius 2 is 2.00 bits per heavy atom. The number of rotatable bonds is 2. The third-order valence-electron chi connectivity index (χ3n) is 3.47. The minimum atomic E-state index is 0.240. The molecule has 0 aromatic carbocycles. The number of nitrogens with zero attached hydrogens (tertiary/aromatic N) is 4. The summed E-state index contributed by atoms with van der Waals surface area (Å²) in [5.41, 5.74) is 9.64. The lowest BCUT2D eigenvalue weighted by Crippen LogP contribution is -2.00. The zero-order valence-corrected chi connectivity index (χ0v) is 13.4. The molecule has 3 heterocycles. The van der Waals surface area contributed by atoms with E-state index in [9.17, 15) is 5.26 Å². The fraction of sp³-hybridized carbons (Fsp3) is 0.188. The van der Waals surface area contributed by atoms with Crippen LogP contribution in [0.2, 0.25) is 0 Å². The lowest BCUT2D eigenvalue weighted by Gasteiger charge is -2.08. The first-order valence-corrected chi connectivity index (χ1v) is 7.59. The lowest BCUT2D eigenvalue weighted by molar-refractivity contribution is 0.771. The van der Waals surface area contributed by atoms with E-state index in [0.29, 0.717) is 11.1 Å². The highest BCUT2D eigenvalue weighted by Crippen LogP contribution is 2.34. The van der Waals surface area contributed by atoms with Crippen LogP contribution in [0.3, 0.4) is 0 Å². The molecular formula is C16H15N5S. The third-order valence-corrected chi connectivity index (χ3v) is 4.43. The van der Waals surface area contributed by atoms with Crippen LogP contribution in [0, 0.1) is 25.2 Å². The Balaban J connectivity index is 2.25. The van der Waals surface area contributed by atoms with Gasteiger partial charge in [-0.05, 0) is 32.0 Å². The second-order valence-electron chi connectivity index (χ2n) is 5.13. The molecule has 0 saturated carbocycles. The van der Waals surface area contributed by atoms with Crippen LogP contribution in [0.1, 0.15) is 15.3 Å². The quantitative estimate of drug-likeness (QED) is 0.787. The highest BCUT2D eigenvalue weighted by Gasteiger charge is 2.16. The Morgan fingerprint density at radius 1 is 1.23 bits per heavy atom. The number of pyridine rings is 1. The highest BCUT2D eigenvalue weighted by molar-refractivity contribution is 7.12. The van der Waals surface area contributed by atoms with Crippen LogP contribution in [0.15, 0.2) is 24.4 Å². The fourth-order valence-corrected chi connectivity index (χ4v) is 3.40. The van der Waals surface area contributed by atoms with E-state index in [1.807, 2.05) is 25.4 Å². The molecule has 22 heavy (non-hydrogen) atoms. The van der Waals surface area contributed by atoms with Gasteiger partial charge in [-0.25, -0.2) is 4.98 Å². The number of aromatic nitrogens is 3. The average molecular weight is 309 g/mol. The van der Waals surface area contributed by atoms with Gasteiger partial charge in [-0.15, -0.1) is 11.3 Å². The molecule has 0 aliphatic rings. The van der Waals surface area contributed by atoms with E-state index in [1.165, 1.54) is 9.75 Å². The Morgan fingerprint density at radius 3 is 2.55 bits per heavy atom.